The fourth-order valence-electron chi connectivity index (χ4n) is 3.93. The molecule has 0 unspecified atom stereocenters. The van der Waals surface area contributed by atoms with Crippen LogP contribution in [0.1, 0.15) is 27.3 Å². The number of fused-ring (bicyclic) bond motifs is 1. The van der Waals surface area contributed by atoms with E-state index < -0.39 is 23.5 Å². The van der Waals surface area contributed by atoms with Gasteiger partial charge in [-0.25, -0.2) is 4.98 Å². The van der Waals surface area contributed by atoms with Crippen molar-refractivity contribution in [3.8, 4) is 17.6 Å². The number of nitrogens with zero attached hydrogens (tertiary/aromatic N) is 3. The molecule has 2 aliphatic rings. The average molecular weight is 503 g/mol. The fraction of sp³-hybridized carbons (Fsp3) is 0.259. The topological polar surface area (TPSA) is 114 Å². The standard InChI is InChI=1S/C27H23FN4O5/c1-32-22-13-17(7-9-27(35)15-36-16-27)5-6-23(22)37-14-21(26(32)34)31-25(33)20-12-18(8-10-29-20)11-19-3-2-4-24(28)30-19/h2-6,8,10,12-13,21,35H,11,14-16H2,1H3,(H,31,33)/t21-/m0/s1. The van der Waals surface area contributed by atoms with Crippen LogP contribution in [0.2, 0.25) is 0 Å². The number of pyridine rings is 2. The van der Waals surface area contributed by atoms with Crippen LogP contribution in [-0.2, 0) is 16.0 Å². The van der Waals surface area contributed by atoms with Crippen LogP contribution in [0.5, 0.6) is 5.75 Å². The van der Waals surface area contributed by atoms with Crippen molar-refractivity contribution < 1.29 is 28.6 Å². The molecule has 4 heterocycles. The highest BCUT2D eigenvalue weighted by Gasteiger charge is 2.34. The Morgan fingerprint density at radius 2 is 2.11 bits per heavy atom. The van der Waals surface area contributed by atoms with Gasteiger partial charge in [0.25, 0.3) is 11.8 Å². The Labute approximate surface area is 212 Å². The lowest BCUT2D eigenvalue weighted by Crippen LogP contribution is -2.49. The lowest BCUT2D eigenvalue weighted by molar-refractivity contribution is -0.140. The van der Waals surface area contributed by atoms with Crippen molar-refractivity contribution >= 4 is 17.5 Å². The van der Waals surface area contributed by atoms with Crippen LogP contribution in [-0.4, -0.2) is 65.4 Å². The zero-order chi connectivity index (χ0) is 26.0. The van der Waals surface area contributed by atoms with Gasteiger partial charge in [0.15, 0.2) is 5.60 Å². The summed E-state index contributed by atoms with van der Waals surface area (Å²) in [6.45, 7) is 0.248. The molecule has 1 atom stereocenters. The molecule has 2 N–H and O–H groups in total. The first-order valence-electron chi connectivity index (χ1n) is 11.5. The van der Waals surface area contributed by atoms with E-state index in [1.165, 1.54) is 17.2 Å². The van der Waals surface area contributed by atoms with E-state index in [0.29, 0.717) is 29.1 Å². The first-order valence-corrected chi connectivity index (χ1v) is 11.5. The molecule has 1 fully saturated rings. The molecule has 10 heteroatoms. The predicted molar refractivity (Wildman–Crippen MR) is 130 cm³/mol. The molecule has 0 bridgehead atoms. The lowest BCUT2D eigenvalue weighted by atomic mass is 10.0. The number of carbonyl (C=O) groups excluding carboxylic acids is 2. The van der Waals surface area contributed by atoms with Crippen molar-refractivity contribution in [2.75, 3.05) is 31.8 Å². The van der Waals surface area contributed by atoms with Crippen molar-refractivity contribution in [2.24, 2.45) is 0 Å². The number of anilines is 1. The first kappa shape index (κ1) is 24.4. The Kier molecular flexibility index (Phi) is 6.56. The third-order valence-corrected chi connectivity index (χ3v) is 6.00. The van der Waals surface area contributed by atoms with E-state index in [1.807, 2.05) is 0 Å². The first-order chi connectivity index (χ1) is 17.8. The summed E-state index contributed by atoms with van der Waals surface area (Å²) < 4.78 is 24.2. The molecule has 0 spiro atoms. The van der Waals surface area contributed by atoms with Gasteiger partial charge in [0.05, 0.1) is 18.9 Å². The van der Waals surface area contributed by atoms with E-state index in [-0.39, 0.29) is 31.4 Å². The number of hydrogen-bond acceptors (Lipinski definition) is 7. The smallest absolute Gasteiger partial charge is 0.270 e. The Hall–Kier alpha value is -4.33. The summed E-state index contributed by atoms with van der Waals surface area (Å²) >= 11 is 0. The minimum Gasteiger partial charge on any atom is -0.489 e. The van der Waals surface area contributed by atoms with Gasteiger partial charge in [-0.05, 0) is 48.0 Å². The Morgan fingerprint density at radius 1 is 1.27 bits per heavy atom. The monoisotopic (exact) mass is 502 g/mol. The molecule has 188 valence electrons. The maximum absolute atomic E-state index is 13.4. The summed E-state index contributed by atoms with van der Waals surface area (Å²) in [6.07, 6.45) is 1.80. The van der Waals surface area contributed by atoms with Crippen molar-refractivity contribution in [3.63, 3.8) is 0 Å². The molecule has 9 nitrogen and oxygen atoms in total. The second-order valence-electron chi connectivity index (χ2n) is 8.87. The molecule has 5 rings (SSSR count). The number of ether oxygens (including phenoxy) is 2. The zero-order valence-electron chi connectivity index (χ0n) is 19.9. The largest absolute Gasteiger partial charge is 0.489 e. The van der Waals surface area contributed by atoms with Gasteiger partial charge < -0.3 is 24.8 Å². The van der Waals surface area contributed by atoms with Crippen LogP contribution in [0.4, 0.5) is 10.1 Å². The summed E-state index contributed by atoms with van der Waals surface area (Å²) in [4.78, 5) is 35.5. The molecule has 2 amide bonds. The van der Waals surface area contributed by atoms with Crippen LogP contribution in [0, 0.1) is 17.8 Å². The molecular weight excluding hydrogens is 479 g/mol. The third-order valence-electron chi connectivity index (χ3n) is 6.00. The minimum atomic E-state index is -1.15. The molecule has 1 saturated heterocycles. The number of rotatable bonds is 4. The van der Waals surface area contributed by atoms with Crippen molar-refractivity contribution in [3.05, 3.63) is 83.2 Å². The average Bonchev–Trinajstić information content (AvgIpc) is 2.98. The summed E-state index contributed by atoms with van der Waals surface area (Å²) in [5.74, 6) is 4.66. The normalized spacial score (nSPS) is 17.9. The van der Waals surface area contributed by atoms with E-state index in [1.54, 1.807) is 49.5 Å². The number of nitrogens with one attached hydrogen (secondary N) is 1. The van der Waals surface area contributed by atoms with Crippen molar-refractivity contribution in [2.45, 2.75) is 18.1 Å². The van der Waals surface area contributed by atoms with Gasteiger partial charge in [-0.2, -0.15) is 4.39 Å². The fourth-order valence-corrected chi connectivity index (χ4v) is 3.93. The van der Waals surface area contributed by atoms with Gasteiger partial charge in [0, 0.05) is 30.9 Å². The van der Waals surface area contributed by atoms with Gasteiger partial charge in [0.1, 0.15) is 24.1 Å². The number of likely N-dealkylation sites (N-methyl/N-ethyl adjacent to an activating group) is 1. The van der Waals surface area contributed by atoms with Crippen molar-refractivity contribution in [1.29, 1.82) is 0 Å². The number of aromatic nitrogens is 2. The number of benzene rings is 1. The van der Waals surface area contributed by atoms with E-state index in [9.17, 15) is 19.1 Å². The third kappa shape index (κ3) is 5.43. The number of hydrogen-bond donors (Lipinski definition) is 2. The maximum atomic E-state index is 13.4. The van der Waals surface area contributed by atoms with Gasteiger partial charge in [0.2, 0.25) is 5.95 Å². The molecule has 0 radical (unpaired) electrons. The predicted octanol–water partition coefficient (Wildman–Crippen LogP) is 1.47. The highest BCUT2D eigenvalue weighted by Crippen LogP contribution is 2.31. The summed E-state index contributed by atoms with van der Waals surface area (Å²) in [6, 6.07) is 12.0. The number of aliphatic hydroxyl groups is 1. The second kappa shape index (κ2) is 9.97. The molecule has 1 aromatic carbocycles. The highest BCUT2D eigenvalue weighted by atomic mass is 19.1. The van der Waals surface area contributed by atoms with Crippen LogP contribution < -0.4 is 15.0 Å². The lowest BCUT2D eigenvalue weighted by Gasteiger charge is -2.30. The molecule has 0 saturated carbocycles. The molecule has 37 heavy (non-hydrogen) atoms. The number of halogens is 1. The maximum Gasteiger partial charge on any atom is 0.270 e. The molecule has 3 aromatic rings. The Balaban J connectivity index is 1.29. The highest BCUT2D eigenvalue weighted by molar-refractivity contribution is 6.03. The zero-order valence-corrected chi connectivity index (χ0v) is 19.9. The van der Waals surface area contributed by atoms with Crippen LogP contribution in [0.3, 0.4) is 0 Å². The van der Waals surface area contributed by atoms with Crippen LogP contribution >= 0.6 is 0 Å². The van der Waals surface area contributed by atoms with Crippen molar-refractivity contribution in [1.82, 2.24) is 15.3 Å². The van der Waals surface area contributed by atoms with Gasteiger partial charge in [-0.1, -0.05) is 17.9 Å². The Morgan fingerprint density at radius 3 is 2.86 bits per heavy atom. The summed E-state index contributed by atoms with van der Waals surface area (Å²) in [5.41, 5.74) is 1.29. The molecule has 2 aliphatic heterocycles. The SMILES string of the molecule is CN1C(=O)[C@@H](NC(=O)c2cc(Cc3cccc(F)n3)ccn2)COc2ccc(C#CC3(O)COC3)cc21. The van der Waals surface area contributed by atoms with Crippen LogP contribution in [0.15, 0.2) is 54.7 Å². The van der Waals surface area contributed by atoms with E-state index in [0.717, 1.165) is 5.56 Å². The minimum absolute atomic E-state index is 0.0725. The van der Waals surface area contributed by atoms with E-state index in [2.05, 4.69) is 27.1 Å². The summed E-state index contributed by atoms with van der Waals surface area (Å²) in [7, 11) is 1.59. The van der Waals surface area contributed by atoms with Gasteiger partial charge in [-0.15, -0.1) is 0 Å². The summed E-state index contributed by atoms with van der Waals surface area (Å²) in [5, 5.41) is 12.8. The van der Waals surface area contributed by atoms with Gasteiger partial charge >= 0.3 is 0 Å². The number of carbonyl (C=O) groups is 2. The van der Waals surface area contributed by atoms with E-state index >= 15 is 0 Å². The number of amides is 2. The Bertz CT molecular complexity index is 1430. The quantitative estimate of drug-likeness (QED) is 0.410. The van der Waals surface area contributed by atoms with Gasteiger partial charge in [-0.3, -0.25) is 14.6 Å². The van der Waals surface area contributed by atoms with Crippen LogP contribution in [0.25, 0.3) is 0 Å². The van der Waals surface area contributed by atoms with E-state index in [4.69, 9.17) is 9.47 Å². The molecular formula is C27H23FN4O5. The molecule has 0 aliphatic carbocycles. The second-order valence-corrected chi connectivity index (χ2v) is 8.87. The molecule has 2 aromatic heterocycles.